The molecule has 0 aromatic heterocycles. The van der Waals surface area contributed by atoms with Crippen LogP contribution in [-0.2, 0) is 9.47 Å². The maximum Gasteiger partial charge on any atom is 0.0677 e. The third-order valence-corrected chi connectivity index (χ3v) is 3.63. The zero-order valence-electron chi connectivity index (χ0n) is 11.6. The normalized spacial score (nSPS) is 29.2. The number of rotatable bonds is 5. The molecule has 3 heteroatoms. The molecule has 0 amide bonds. The van der Waals surface area contributed by atoms with Gasteiger partial charge in [-0.3, -0.25) is 0 Å². The molecule has 2 atom stereocenters. The molecule has 1 rings (SSSR count). The maximum absolute atomic E-state index is 6.13. The molecule has 1 aliphatic rings. The molecule has 1 fully saturated rings. The summed E-state index contributed by atoms with van der Waals surface area (Å²) in [6.07, 6.45) is 2.15. The number of methoxy groups -OCH3 is 1. The quantitative estimate of drug-likeness (QED) is 0.784. The number of hydrogen-bond donors (Lipinski definition) is 1. The highest BCUT2D eigenvalue weighted by atomic mass is 16.5. The Kier molecular flexibility index (Phi) is 4.38. The van der Waals surface area contributed by atoms with E-state index in [9.17, 15) is 0 Å². The molecule has 1 heterocycles. The number of hydrogen-bond acceptors (Lipinski definition) is 3. The van der Waals surface area contributed by atoms with Crippen LogP contribution in [0.4, 0.5) is 0 Å². The lowest BCUT2D eigenvalue weighted by molar-refractivity contribution is -0.0781. The van der Waals surface area contributed by atoms with Crippen LogP contribution in [0.3, 0.4) is 0 Å². The first kappa shape index (κ1) is 13.9. The van der Waals surface area contributed by atoms with Crippen molar-refractivity contribution in [1.82, 2.24) is 5.32 Å². The van der Waals surface area contributed by atoms with E-state index in [0.717, 1.165) is 19.4 Å². The van der Waals surface area contributed by atoms with Gasteiger partial charge >= 0.3 is 0 Å². The highest BCUT2D eigenvalue weighted by molar-refractivity contribution is 4.99. The van der Waals surface area contributed by atoms with E-state index < -0.39 is 0 Å². The van der Waals surface area contributed by atoms with Gasteiger partial charge in [0.05, 0.1) is 11.2 Å². The van der Waals surface area contributed by atoms with Crippen molar-refractivity contribution < 1.29 is 9.47 Å². The van der Waals surface area contributed by atoms with Crippen LogP contribution in [0, 0.1) is 5.92 Å². The molecular weight excluding hydrogens is 202 g/mol. The van der Waals surface area contributed by atoms with Crippen molar-refractivity contribution in [3.8, 4) is 0 Å². The van der Waals surface area contributed by atoms with Gasteiger partial charge in [0.15, 0.2) is 0 Å². The maximum atomic E-state index is 6.13. The first-order valence-electron chi connectivity index (χ1n) is 6.19. The SMILES string of the molecule is CNC(CCOC)C1CC(C)(C)OC1(C)C. The first-order chi connectivity index (χ1) is 7.32. The molecule has 2 unspecified atom stereocenters. The van der Waals surface area contributed by atoms with Crippen molar-refractivity contribution in [3.63, 3.8) is 0 Å². The van der Waals surface area contributed by atoms with Gasteiger partial charge in [-0.1, -0.05) is 0 Å². The van der Waals surface area contributed by atoms with Gasteiger partial charge in [0.25, 0.3) is 0 Å². The first-order valence-corrected chi connectivity index (χ1v) is 6.19. The van der Waals surface area contributed by atoms with E-state index >= 15 is 0 Å². The second kappa shape index (κ2) is 5.03. The van der Waals surface area contributed by atoms with Gasteiger partial charge in [0.1, 0.15) is 0 Å². The Bertz CT molecular complexity index is 226. The Morgan fingerprint density at radius 3 is 2.38 bits per heavy atom. The molecule has 0 aromatic carbocycles. The van der Waals surface area contributed by atoms with Crippen molar-refractivity contribution in [2.24, 2.45) is 5.92 Å². The van der Waals surface area contributed by atoms with E-state index in [-0.39, 0.29) is 11.2 Å². The van der Waals surface area contributed by atoms with E-state index in [0.29, 0.717) is 12.0 Å². The van der Waals surface area contributed by atoms with Crippen molar-refractivity contribution in [2.45, 2.75) is 57.8 Å². The van der Waals surface area contributed by atoms with Crippen LogP contribution >= 0.6 is 0 Å². The van der Waals surface area contributed by atoms with Crippen LogP contribution in [0.1, 0.15) is 40.5 Å². The van der Waals surface area contributed by atoms with Gasteiger partial charge in [-0.15, -0.1) is 0 Å². The topological polar surface area (TPSA) is 30.5 Å². The van der Waals surface area contributed by atoms with Crippen LogP contribution in [0.15, 0.2) is 0 Å². The van der Waals surface area contributed by atoms with Crippen molar-refractivity contribution in [1.29, 1.82) is 0 Å². The Balaban J connectivity index is 2.69. The minimum atomic E-state index is -0.0507. The molecule has 0 aromatic rings. The summed E-state index contributed by atoms with van der Waals surface area (Å²) in [6, 6.07) is 0.469. The average molecular weight is 229 g/mol. The summed E-state index contributed by atoms with van der Waals surface area (Å²) in [5.41, 5.74) is -0.0543. The van der Waals surface area contributed by atoms with Gasteiger partial charge in [-0.2, -0.15) is 0 Å². The highest BCUT2D eigenvalue weighted by Crippen LogP contribution is 2.44. The average Bonchev–Trinajstić information content (AvgIpc) is 2.36. The Labute approximate surface area is 99.9 Å². The fourth-order valence-corrected chi connectivity index (χ4v) is 3.02. The van der Waals surface area contributed by atoms with Gasteiger partial charge < -0.3 is 14.8 Å². The zero-order valence-corrected chi connectivity index (χ0v) is 11.6. The molecule has 0 spiro atoms. The van der Waals surface area contributed by atoms with Crippen molar-refractivity contribution >= 4 is 0 Å². The summed E-state index contributed by atoms with van der Waals surface area (Å²) in [5.74, 6) is 0.544. The van der Waals surface area contributed by atoms with E-state index in [1.165, 1.54) is 0 Å². The predicted octanol–water partition coefficient (Wildman–Crippen LogP) is 2.20. The fourth-order valence-electron chi connectivity index (χ4n) is 3.02. The second-order valence-corrected chi connectivity index (χ2v) is 5.95. The van der Waals surface area contributed by atoms with Crippen LogP contribution in [0.5, 0.6) is 0 Å². The van der Waals surface area contributed by atoms with E-state index in [4.69, 9.17) is 9.47 Å². The van der Waals surface area contributed by atoms with Gasteiger partial charge in [-0.05, 0) is 47.6 Å². The Hall–Kier alpha value is -0.120. The summed E-state index contributed by atoms with van der Waals surface area (Å²) in [6.45, 7) is 9.56. The molecule has 1 aliphatic heterocycles. The molecule has 0 saturated carbocycles. The minimum absolute atomic E-state index is 0.00363. The molecular formula is C13H27NO2. The lowest BCUT2D eigenvalue weighted by Gasteiger charge is -2.32. The Morgan fingerprint density at radius 2 is 2.00 bits per heavy atom. The van der Waals surface area contributed by atoms with Gasteiger partial charge in [0, 0.05) is 25.7 Å². The number of nitrogens with one attached hydrogen (secondary N) is 1. The van der Waals surface area contributed by atoms with Crippen LogP contribution in [0.25, 0.3) is 0 Å². The summed E-state index contributed by atoms with van der Waals surface area (Å²) < 4.78 is 11.3. The van der Waals surface area contributed by atoms with E-state index in [1.807, 2.05) is 7.05 Å². The van der Waals surface area contributed by atoms with Gasteiger partial charge in [-0.25, -0.2) is 0 Å². The monoisotopic (exact) mass is 229 g/mol. The van der Waals surface area contributed by atoms with E-state index in [2.05, 4.69) is 33.0 Å². The van der Waals surface area contributed by atoms with Crippen LogP contribution < -0.4 is 5.32 Å². The highest BCUT2D eigenvalue weighted by Gasteiger charge is 2.48. The fraction of sp³-hybridized carbons (Fsp3) is 1.00. The van der Waals surface area contributed by atoms with Crippen LogP contribution in [0.2, 0.25) is 0 Å². The van der Waals surface area contributed by atoms with Gasteiger partial charge in [0.2, 0.25) is 0 Å². The number of ether oxygens (including phenoxy) is 2. The minimum Gasteiger partial charge on any atom is -0.385 e. The molecule has 0 bridgehead atoms. The zero-order chi connectivity index (χ0) is 12.4. The summed E-state index contributed by atoms with van der Waals surface area (Å²) in [4.78, 5) is 0. The van der Waals surface area contributed by atoms with Crippen molar-refractivity contribution in [3.05, 3.63) is 0 Å². The molecule has 16 heavy (non-hydrogen) atoms. The summed E-state index contributed by atoms with van der Waals surface area (Å²) in [7, 11) is 3.79. The Morgan fingerprint density at radius 1 is 1.38 bits per heavy atom. The third-order valence-electron chi connectivity index (χ3n) is 3.63. The molecule has 3 nitrogen and oxygen atoms in total. The molecule has 96 valence electrons. The standard InChI is InChI=1S/C13H27NO2/c1-12(2)9-10(13(3,4)16-12)11(14-5)7-8-15-6/h10-11,14H,7-9H2,1-6H3. The molecule has 1 saturated heterocycles. The van der Waals surface area contributed by atoms with E-state index in [1.54, 1.807) is 7.11 Å². The summed E-state index contributed by atoms with van der Waals surface area (Å²) >= 11 is 0. The summed E-state index contributed by atoms with van der Waals surface area (Å²) in [5, 5.41) is 3.41. The van der Waals surface area contributed by atoms with Crippen LogP contribution in [-0.4, -0.2) is 38.0 Å². The molecule has 1 N–H and O–H groups in total. The largest absolute Gasteiger partial charge is 0.385 e. The second-order valence-electron chi connectivity index (χ2n) is 5.95. The predicted molar refractivity (Wildman–Crippen MR) is 66.7 cm³/mol. The lowest BCUT2D eigenvalue weighted by Crippen LogP contribution is -2.43. The molecule has 0 aliphatic carbocycles. The lowest BCUT2D eigenvalue weighted by atomic mass is 9.80. The van der Waals surface area contributed by atoms with Crippen molar-refractivity contribution in [2.75, 3.05) is 20.8 Å². The molecule has 0 radical (unpaired) electrons. The smallest absolute Gasteiger partial charge is 0.0677 e. The third kappa shape index (κ3) is 3.19.